The third-order valence-corrected chi connectivity index (χ3v) is 7.80. The third kappa shape index (κ3) is 6.35. The van der Waals surface area contributed by atoms with E-state index in [4.69, 9.17) is 5.73 Å². The van der Waals surface area contributed by atoms with Gasteiger partial charge in [-0.1, -0.05) is 6.07 Å². The number of hydrogen-bond donors (Lipinski definition) is 3. The number of alkyl halides is 3. The van der Waals surface area contributed by atoms with E-state index in [2.05, 4.69) is 10.3 Å². The molecule has 2 aliphatic heterocycles. The Morgan fingerprint density at radius 3 is 2.74 bits per heavy atom. The Bertz CT molecular complexity index is 1510. The van der Waals surface area contributed by atoms with Crippen LogP contribution in [0.1, 0.15) is 41.0 Å². The molecule has 4 N–H and O–H groups in total. The van der Waals surface area contributed by atoms with Crippen molar-refractivity contribution in [2.45, 2.75) is 63.4 Å². The molecule has 0 radical (unpaired) electrons. The van der Waals surface area contributed by atoms with E-state index in [-0.39, 0.29) is 56.6 Å². The molecule has 5 rings (SSSR count). The van der Waals surface area contributed by atoms with E-state index in [1.807, 2.05) is 19.1 Å². The number of carbonyl (C=O) groups excluding carboxylic acids is 3. The molecule has 0 aliphatic carbocycles. The summed E-state index contributed by atoms with van der Waals surface area (Å²) in [6.45, 7) is 0.918. The molecular weight excluding hydrogens is 553 g/mol. The zero-order chi connectivity index (χ0) is 30.2. The van der Waals surface area contributed by atoms with E-state index in [1.54, 1.807) is 12.1 Å². The molecular formula is C29H33F3N6O4. The van der Waals surface area contributed by atoms with Crippen LogP contribution < -0.4 is 11.1 Å². The van der Waals surface area contributed by atoms with Crippen LogP contribution in [0.15, 0.2) is 42.6 Å². The molecule has 2 saturated heterocycles. The lowest BCUT2D eigenvalue weighted by atomic mass is 10.0. The molecule has 1 unspecified atom stereocenters. The van der Waals surface area contributed by atoms with Gasteiger partial charge in [0.15, 0.2) is 0 Å². The van der Waals surface area contributed by atoms with E-state index in [9.17, 15) is 32.7 Å². The number of piperidine rings is 1. The second kappa shape index (κ2) is 11.6. The molecule has 2 aromatic heterocycles. The first-order valence-electron chi connectivity index (χ1n) is 13.8. The number of primary amides is 1. The maximum atomic E-state index is 14.5. The molecule has 10 nitrogen and oxygen atoms in total. The lowest BCUT2D eigenvalue weighted by Gasteiger charge is -2.32. The van der Waals surface area contributed by atoms with Crippen molar-refractivity contribution in [3.63, 3.8) is 0 Å². The van der Waals surface area contributed by atoms with Gasteiger partial charge >= 0.3 is 6.03 Å². The molecule has 3 atom stereocenters. The molecule has 3 aromatic rings. The molecule has 0 bridgehead atoms. The fourth-order valence-electron chi connectivity index (χ4n) is 5.81. The van der Waals surface area contributed by atoms with Crippen LogP contribution in [0.25, 0.3) is 10.9 Å². The normalized spacial score (nSPS) is 21.0. The minimum atomic E-state index is -2.95. The van der Waals surface area contributed by atoms with Crippen molar-refractivity contribution in [3.8, 4) is 0 Å². The lowest BCUT2D eigenvalue weighted by Crippen LogP contribution is -2.47. The minimum Gasteiger partial charge on any atom is -0.391 e. The predicted octanol–water partition coefficient (Wildman–Crippen LogP) is 3.25. The van der Waals surface area contributed by atoms with Gasteiger partial charge in [-0.2, -0.15) is 0 Å². The molecule has 2 fully saturated rings. The SMILES string of the molecule is Cc1cccc(CC(O)[C@@H]2C[C@@H](F)CN2C(=O)Cn2cc(C(N)=O)c3cc(NC(=O)N4CCCC(F)(F)C4)ccc32)n1. The molecule has 0 saturated carbocycles. The van der Waals surface area contributed by atoms with Gasteiger partial charge < -0.3 is 30.5 Å². The quantitative estimate of drug-likeness (QED) is 0.391. The standard InChI is InChI=1S/C29H33F3N6O4/c1-17-4-2-5-19(34-17)12-25(39)24-10-18(30)13-38(24)26(40)15-37-14-22(27(33)41)21-11-20(6-7-23(21)37)35-28(42)36-9-3-8-29(31,32)16-36/h2,4-7,11,14,18,24-25,39H,3,8-10,12-13,15-16H2,1H3,(H2,33,41)(H,35,42)/t18-,24+,25?/m1/s1. The smallest absolute Gasteiger partial charge is 0.322 e. The van der Waals surface area contributed by atoms with Crippen molar-refractivity contribution < 1.29 is 32.7 Å². The van der Waals surface area contributed by atoms with Crippen molar-refractivity contribution >= 4 is 34.4 Å². The number of benzene rings is 1. The topological polar surface area (TPSA) is 134 Å². The number of aromatic nitrogens is 2. The molecule has 0 spiro atoms. The first kappa shape index (κ1) is 29.4. The number of anilines is 1. The van der Waals surface area contributed by atoms with Crippen LogP contribution in [0.3, 0.4) is 0 Å². The zero-order valence-corrected chi connectivity index (χ0v) is 23.1. The number of nitrogens with one attached hydrogen (secondary N) is 1. The number of carbonyl (C=O) groups is 3. The summed E-state index contributed by atoms with van der Waals surface area (Å²) in [5.41, 5.74) is 7.82. The summed E-state index contributed by atoms with van der Waals surface area (Å²) in [7, 11) is 0. The highest BCUT2D eigenvalue weighted by atomic mass is 19.3. The van der Waals surface area contributed by atoms with Crippen LogP contribution in [0, 0.1) is 6.92 Å². The summed E-state index contributed by atoms with van der Waals surface area (Å²) >= 11 is 0. The summed E-state index contributed by atoms with van der Waals surface area (Å²) in [5.74, 6) is -4.17. The van der Waals surface area contributed by atoms with Crippen LogP contribution in [-0.4, -0.2) is 86.2 Å². The molecule has 2 aliphatic rings. The zero-order valence-electron chi connectivity index (χ0n) is 23.1. The van der Waals surface area contributed by atoms with Crippen LogP contribution in [0.2, 0.25) is 0 Å². The molecule has 42 heavy (non-hydrogen) atoms. The summed E-state index contributed by atoms with van der Waals surface area (Å²) in [6, 6.07) is 8.56. The summed E-state index contributed by atoms with van der Waals surface area (Å²) in [4.78, 5) is 45.0. The number of halogens is 3. The Morgan fingerprint density at radius 2 is 2.02 bits per heavy atom. The average Bonchev–Trinajstić information content (AvgIpc) is 3.48. The van der Waals surface area contributed by atoms with Crippen molar-refractivity contribution in [3.05, 3.63) is 59.5 Å². The van der Waals surface area contributed by atoms with E-state index in [0.717, 1.165) is 10.6 Å². The maximum Gasteiger partial charge on any atom is 0.322 e. The van der Waals surface area contributed by atoms with E-state index < -0.39 is 48.6 Å². The Balaban J connectivity index is 1.33. The van der Waals surface area contributed by atoms with E-state index >= 15 is 0 Å². The second-order valence-electron chi connectivity index (χ2n) is 11.1. The van der Waals surface area contributed by atoms with Gasteiger partial charge in [-0.15, -0.1) is 0 Å². The Hall–Kier alpha value is -4.13. The summed E-state index contributed by atoms with van der Waals surface area (Å²) in [5, 5.41) is 13.9. The molecule has 13 heteroatoms. The predicted molar refractivity (Wildman–Crippen MR) is 149 cm³/mol. The highest BCUT2D eigenvalue weighted by Gasteiger charge is 2.40. The van der Waals surface area contributed by atoms with Crippen molar-refractivity contribution in [1.29, 1.82) is 0 Å². The van der Waals surface area contributed by atoms with Crippen molar-refractivity contribution in [2.75, 3.05) is 25.0 Å². The van der Waals surface area contributed by atoms with Gasteiger partial charge in [0.2, 0.25) is 5.91 Å². The lowest BCUT2D eigenvalue weighted by molar-refractivity contribution is -0.134. The number of nitrogens with two attached hydrogens (primary N) is 1. The number of urea groups is 1. The number of likely N-dealkylation sites (tertiary alicyclic amines) is 2. The summed E-state index contributed by atoms with van der Waals surface area (Å²) < 4.78 is 43.6. The van der Waals surface area contributed by atoms with Crippen LogP contribution in [0.5, 0.6) is 0 Å². The fourth-order valence-corrected chi connectivity index (χ4v) is 5.81. The number of fused-ring (bicyclic) bond motifs is 1. The number of hydrogen-bond acceptors (Lipinski definition) is 5. The third-order valence-electron chi connectivity index (χ3n) is 7.80. The number of aliphatic hydroxyl groups is 1. The Morgan fingerprint density at radius 1 is 1.24 bits per heavy atom. The minimum absolute atomic E-state index is 0.0102. The van der Waals surface area contributed by atoms with Gasteiger partial charge in [0.1, 0.15) is 12.7 Å². The van der Waals surface area contributed by atoms with E-state index in [0.29, 0.717) is 16.6 Å². The fraction of sp³-hybridized carbons (Fsp3) is 0.448. The van der Waals surface area contributed by atoms with Crippen LogP contribution in [-0.2, 0) is 17.8 Å². The summed E-state index contributed by atoms with van der Waals surface area (Å²) in [6.07, 6.45) is -0.862. The Labute approximate surface area is 240 Å². The molecule has 1 aromatic carbocycles. The van der Waals surface area contributed by atoms with Crippen LogP contribution in [0.4, 0.5) is 23.7 Å². The molecule has 4 amide bonds. The second-order valence-corrected chi connectivity index (χ2v) is 11.1. The number of nitrogens with zero attached hydrogens (tertiary/aromatic N) is 4. The number of rotatable bonds is 7. The van der Waals surface area contributed by atoms with Gasteiger partial charge in [0.05, 0.1) is 30.8 Å². The van der Waals surface area contributed by atoms with Crippen LogP contribution >= 0.6 is 0 Å². The highest BCUT2D eigenvalue weighted by Crippen LogP contribution is 2.30. The van der Waals surface area contributed by atoms with E-state index in [1.165, 1.54) is 27.8 Å². The number of aryl methyl sites for hydroxylation is 1. The van der Waals surface area contributed by atoms with Gasteiger partial charge in [-0.3, -0.25) is 14.6 Å². The average molecular weight is 587 g/mol. The molecule has 4 heterocycles. The highest BCUT2D eigenvalue weighted by molar-refractivity contribution is 6.08. The monoisotopic (exact) mass is 586 g/mol. The first-order chi connectivity index (χ1) is 19.9. The Kier molecular flexibility index (Phi) is 8.13. The largest absolute Gasteiger partial charge is 0.391 e. The first-order valence-corrected chi connectivity index (χ1v) is 13.8. The maximum absolute atomic E-state index is 14.5. The number of pyridine rings is 1. The van der Waals surface area contributed by atoms with Gasteiger partial charge in [-0.05, 0) is 43.7 Å². The van der Waals surface area contributed by atoms with Crippen molar-refractivity contribution in [2.24, 2.45) is 5.73 Å². The van der Waals surface area contributed by atoms with Gasteiger partial charge in [0, 0.05) is 60.0 Å². The van der Waals surface area contributed by atoms with Crippen molar-refractivity contribution in [1.82, 2.24) is 19.4 Å². The number of aliphatic hydroxyl groups excluding tert-OH is 1. The number of amides is 4. The van der Waals surface area contributed by atoms with Gasteiger partial charge in [0.25, 0.3) is 11.8 Å². The molecule has 224 valence electrons. The van der Waals surface area contributed by atoms with Gasteiger partial charge in [-0.25, -0.2) is 18.0 Å².